The predicted molar refractivity (Wildman–Crippen MR) is 79.9 cm³/mol. The van der Waals surface area contributed by atoms with Crippen molar-refractivity contribution in [1.29, 1.82) is 0 Å². The van der Waals surface area contributed by atoms with Gasteiger partial charge in [-0.3, -0.25) is 4.79 Å². The van der Waals surface area contributed by atoms with E-state index in [1.165, 1.54) is 0 Å². The summed E-state index contributed by atoms with van der Waals surface area (Å²) in [6.07, 6.45) is 0.754. The van der Waals surface area contributed by atoms with Gasteiger partial charge >= 0.3 is 5.97 Å². The molecule has 1 heterocycles. The van der Waals surface area contributed by atoms with E-state index >= 15 is 0 Å². The Morgan fingerprint density at radius 2 is 2.10 bits per heavy atom. The number of carbonyl (C=O) groups is 1. The van der Waals surface area contributed by atoms with Crippen LogP contribution in [0.2, 0.25) is 5.02 Å². The first-order chi connectivity index (χ1) is 9.38. The molecule has 106 valence electrons. The fourth-order valence-corrected chi connectivity index (χ4v) is 2.58. The van der Waals surface area contributed by atoms with Gasteiger partial charge in [0.2, 0.25) is 0 Å². The van der Waals surface area contributed by atoms with Crippen molar-refractivity contribution in [3.63, 3.8) is 0 Å². The zero-order valence-corrected chi connectivity index (χ0v) is 12.4. The number of benzene rings is 1. The zero-order valence-electron chi connectivity index (χ0n) is 11.6. The quantitative estimate of drug-likeness (QED) is 0.940. The molecule has 0 aliphatic rings. The molecule has 0 radical (unpaired) electrons. The van der Waals surface area contributed by atoms with E-state index in [-0.39, 0.29) is 22.7 Å². The van der Waals surface area contributed by atoms with Gasteiger partial charge in [0.05, 0.1) is 5.52 Å². The van der Waals surface area contributed by atoms with Crippen molar-refractivity contribution in [3.05, 3.63) is 44.7 Å². The average molecular weight is 294 g/mol. The Balaban J connectivity index is 3.06. The molecule has 2 rings (SSSR count). The SMILES string of the molecule is CCC(C)n1c(C(=O)O)c(C)c(=O)c2ccc(Cl)cc21. The second-order valence-electron chi connectivity index (χ2n) is 4.90. The van der Waals surface area contributed by atoms with Crippen LogP contribution < -0.4 is 5.43 Å². The fraction of sp³-hybridized carbons (Fsp3) is 0.333. The molecule has 20 heavy (non-hydrogen) atoms. The number of aromatic nitrogens is 1. The first-order valence-corrected chi connectivity index (χ1v) is 6.83. The van der Waals surface area contributed by atoms with Gasteiger partial charge in [-0.1, -0.05) is 18.5 Å². The summed E-state index contributed by atoms with van der Waals surface area (Å²) in [6.45, 7) is 5.45. The van der Waals surface area contributed by atoms with Gasteiger partial charge in [-0.2, -0.15) is 0 Å². The van der Waals surface area contributed by atoms with Gasteiger partial charge in [-0.05, 0) is 38.5 Å². The predicted octanol–water partition coefficient (Wildman–Crippen LogP) is 3.63. The normalized spacial score (nSPS) is 12.6. The molecule has 1 aromatic heterocycles. The molecule has 1 unspecified atom stereocenters. The molecular formula is C15H16ClNO3. The lowest BCUT2D eigenvalue weighted by Crippen LogP contribution is -2.24. The van der Waals surface area contributed by atoms with E-state index in [0.717, 1.165) is 6.42 Å². The molecule has 1 N–H and O–H groups in total. The number of fused-ring (bicyclic) bond motifs is 1. The number of nitrogens with zero attached hydrogens (tertiary/aromatic N) is 1. The molecule has 0 bridgehead atoms. The molecule has 0 spiro atoms. The highest BCUT2D eigenvalue weighted by Crippen LogP contribution is 2.25. The number of hydrogen-bond donors (Lipinski definition) is 1. The second-order valence-corrected chi connectivity index (χ2v) is 5.33. The summed E-state index contributed by atoms with van der Waals surface area (Å²) in [5.41, 5.74) is 0.611. The average Bonchev–Trinajstić information content (AvgIpc) is 2.41. The van der Waals surface area contributed by atoms with E-state index in [9.17, 15) is 14.7 Å². The maximum atomic E-state index is 12.3. The third kappa shape index (κ3) is 2.20. The maximum Gasteiger partial charge on any atom is 0.352 e. The molecule has 0 aliphatic carbocycles. The largest absolute Gasteiger partial charge is 0.477 e. The number of aromatic carboxylic acids is 1. The lowest BCUT2D eigenvalue weighted by molar-refractivity contribution is 0.0681. The van der Waals surface area contributed by atoms with Crippen molar-refractivity contribution in [3.8, 4) is 0 Å². The van der Waals surface area contributed by atoms with Gasteiger partial charge < -0.3 is 9.67 Å². The number of carboxylic acids is 1. The van der Waals surface area contributed by atoms with Crippen LogP contribution in [0.5, 0.6) is 0 Å². The summed E-state index contributed by atoms with van der Waals surface area (Å²) >= 11 is 6.00. The first kappa shape index (κ1) is 14.6. The Morgan fingerprint density at radius 3 is 2.65 bits per heavy atom. The highest BCUT2D eigenvalue weighted by Gasteiger charge is 2.21. The van der Waals surface area contributed by atoms with E-state index in [4.69, 9.17) is 11.6 Å². The monoisotopic (exact) mass is 293 g/mol. The highest BCUT2D eigenvalue weighted by atomic mass is 35.5. The summed E-state index contributed by atoms with van der Waals surface area (Å²) in [5.74, 6) is -1.10. The van der Waals surface area contributed by atoms with Crippen molar-refractivity contribution in [2.45, 2.75) is 33.2 Å². The van der Waals surface area contributed by atoms with Gasteiger partial charge in [0.25, 0.3) is 0 Å². The van der Waals surface area contributed by atoms with Gasteiger partial charge in [0.1, 0.15) is 5.69 Å². The minimum absolute atomic E-state index is 0.0404. The summed E-state index contributed by atoms with van der Waals surface area (Å²) in [4.78, 5) is 23.9. The van der Waals surface area contributed by atoms with Crippen LogP contribution in [0.25, 0.3) is 10.9 Å². The Morgan fingerprint density at radius 1 is 1.45 bits per heavy atom. The van der Waals surface area contributed by atoms with E-state index in [1.807, 2.05) is 13.8 Å². The van der Waals surface area contributed by atoms with Crippen LogP contribution in [0, 0.1) is 6.92 Å². The van der Waals surface area contributed by atoms with Crippen LogP contribution in [-0.2, 0) is 0 Å². The van der Waals surface area contributed by atoms with Gasteiger partial charge in [0, 0.05) is 22.0 Å². The first-order valence-electron chi connectivity index (χ1n) is 6.46. The van der Waals surface area contributed by atoms with Crippen LogP contribution in [-0.4, -0.2) is 15.6 Å². The Bertz CT molecular complexity index is 749. The van der Waals surface area contributed by atoms with Gasteiger partial charge in [-0.25, -0.2) is 4.79 Å². The summed E-state index contributed by atoms with van der Waals surface area (Å²) < 4.78 is 1.69. The summed E-state index contributed by atoms with van der Waals surface area (Å²) in [5, 5.41) is 10.4. The molecule has 1 atom stereocenters. The van der Waals surface area contributed by atoms with E-state index in [1.54, 1.807) is 29.7 Å². The van der Waals surface area contributed by atoms with Crippen LogP contribution in [0.4, 0.5) is 0 Å². The number of pyridine rings is 1. The third-order valence-electron chi connectivity index (χ3n) is 3.63. The molecular weight excluding hydrogens is 278 g/mol. The summed E-state index contributed by atoms with van der Waals surface area (Å²) in [6, 6.07) is 4.90. The van der Waals surface area contributed by atoms with Crippen LogP contribution in [0.3, 0.4) is 0 Å². The maximum absolute atomic E-state index is 12.3. The van der Waals surface area contributed by atoms with Crippen molar-refractivity contribution in [2.75, 3.05) is 0 Å². The smallest absolute Gasteiger partial charge is 0.352 e. The van der Waals surface area contributed by atoms with E-state index < -0.39 is 5.97 Å². The van der Waals surface area contributed by atoms with Crippen molar-refractivity contribution in [2.24, 2.45) is 0 Å². The number of halogens is 1. The Labute approximate surface area is 121 Å². The number of rotatable bonds is 3. The summed E-state index contributed by atoms with van der Waals surface area (Å²) in [7, 11) is 0. The van der Waals surface area contributed by atoms with Crippen molar-refractivity contribution in [1.82, 2.24) is 4.57 Å². The Hall–Kier alpha value is -1.81. The number of carboxylic acid groups (broad SMARTS) is 1. The van der Waals surface area contributed by atoms with Crippen molar-refractivity contribution < 1.29 is 9.90 Å². The Kier molecular flexibility index (Phi) is 3.86. The van der Waals surface area contributed by atoms with Crippen LogP contribution in [0.1, 0.15) is 42.4 Å². The zero-order chi connectivity index (χ0) is 15.0. The molecule has 0 aliphatic heterocycles. The topological polar surface area (TPSA) is 59.3 Å². The van der Waals surface area contributed by atoms with Gasteiger partial charge in [0.15, 0.2) is 5.43 Å². The van der Waals surface area contributed by atoms with E-state index in [2.05, 4.69) is 0 Å². The molecule has 5 heteroatoms. The second kappa shape index (κ2) is 5.29. The molecule has 2 aromatic rings. The van der Waals surface area contributed by atoms with Crippen molar-refractivity contribution >= 4 is 28.5 Å². The minimum atomic E-state index is -1.10. The highest BCUT2D eigenvalue weighted by molar-refractivity contribution is 6.31. The lowest BCUT2D eigenvalue weighted by atomic mass is 10.1. The standard InChI is InChI=1S/C15H16ClNO3/c1-4-8(2)17-12-7-10(16)5-6-11(12)14(18)9(3)13(17)15(19)20/h5-8H,4H2,1-3H3,(H,19,20). The molecule has 0 saturated heterocycles. The lowest BCUT2D eigenvalue weighted by Gasteiger charge is -2.22. The van der Waals surface area contributed by atoms with E-state index in [0.29, 0.717) is 15.9 Å². The molecule has 0 amide bonds. The molecule has 0 fully saturated rings. The molecule has 4 nitrogen and oxygen atoms in total. The van der Waals surface area contributed by atoms with Crippen LogP contribution >= 0.6 is 11.6 Å². The minimum Gasteiger partial charge on any atom is -0.477 e. The third-order valence-corrected chi connectivity index (χ3v) is 3.87. The van der Waals surface area contributed by atoms with Gasteiger partial charge in [-0.15, -0.1) is 0 Å². The fourth-order valence-electron chi connectivity index (χ4n) is 2.41. The van der Waals surface area contributed by atoms with Crippen LogP contribution in [0.15, 0.2) is 23.0 Å². The molecule has 0 saturated carbocycles. The number of hydrogen-bond acceptors (Lipinski definition) is 2. The molecule has 1 aromatic carbocycles.